The monoisotopic (exact) mass is 281 g/mol. The van der Waals surface area contributed by atoms with Crippen molar-refractivity contribution in [3.63, 3.8) is 0 Å². The van der Waals surface area contributed by atoms with Gasteiger partial charge in [0.05, 0.1) is 13.7 Å². The molecule has 0 amide bonds. The molecule has 20 heavy (non-hydrogen) atoms. The fourth-order valence-electron chi connectivity index (χ4n) is 2.77. The maximum atomic E-state index is 13.8. The lowest BCUT2D eigenvalue weighted by molar-refractivity contribution is 0.149. The van der Waals surface area contributed by atoms with Crippen molar-refractivity contribution in [3.05, 3.63) is 29.6 Å². The molecule has 112 valence electrons. The molecule has 1 aromatic carbocycles. The number of benzene rings is 1. The number of hydrogen-bond acceptors (Lipinski definition) is 3. The van der Waals surface area contributed by atoms with Gasteiger partial charge >= 0.3 is 0 Å². The average molecular weight is 281 g/mol. The summed E-state index contributed by atoms with van der Waals surface area (Å²) >= 11 is 0. The number of methoxy groups -OCH3 is 1. The van der Waals surface area contributed by atoms with Crippen LogP contribution in [0.15, 0.2) is 18.2 Å². The van der Waals surface area contributed by atoms with Crippen LogP contribution in [0.2, 0.25) is 0 Å². The molecule has 0 spiro atoms. The van der Waals surface area contributed by atoms with Gasteiger partial charge in [0.25, 0.3) is 0 Å². The van der Waals surface area contributed by atoms with Crippen LogP contribution in [0.3, 0.4) is 0 Å². The van der Waals surface area contributed by atoms with Crippen LogP contribution in [-0.2, 0) is 11.2 Å². The van der Waals surface area contributed by atoms with Gasteiger partial charge in [-0.15, -0.1) is 0 Å². The summed E-state index contributed by atoms with van der Waals surface area (Å²) in [7, 11) is 1.49. The number of halogens is 1. The van der Waals surface area contributed by atoms with Gasteiger partial charge < -0.3 is 14.8 Å². The Kier molecular flexibility index (Phi) is 5.38. The average Bonchev–Trinajstić information content (AvgIpc) is 2.88. The van der Waals surface area contributed by atoms with Crippen molar-refractivity contribution in [1.29, 1.82) is 0 Å². The van der Waals surface area contributed by atoms with Gasteiger partial charge in [0.2, 0.25) is 0 Å². The smallest absolute Gasteiger partial charge is 0.165 e. The molecule has 3 nitrogen and oxygen atoms in total. The van der Waals surface area contributed by atoms with Crippen LogP contribution in [0.1, 0.15) is 25.3 Å². The first-order valence-electron chi connectivity index (χ1n) is 7.30. The highest BCUT2D eigenvalue weighted by molar-refractivity contribution is 5.30. The lowest BCUT2D eigenvalue weighted by Gasteiger charge is -2.28. The molecule has 0 aromatic heterocycles. The van der Waals surface area contributed by atoms with E-state index in [9.17, 15) is 4.39 Å². The molecule has 0 bridgehead atoms. The summed E-state index contributed by atoms with van der Waals surface area (Å²) in [6.07, 6.45) is 2.98. The van der Waals surface area contributed by atoms with E-state index >= 15 is 0 Å². The third-order valence-electron chi connectivity index (χ3n) is 3.91. The summed E-state index contributed by atoms with van der Waals surface area (Å²) in [5, 5.41) is 3.48. The highest BCUT2D eigenvalue weighted by Gasteiger charge is 2.34. The van der Waals surface area contributed by atoms with Crippen LogP contribution in [0.4, 0.5) is 4.39 Å². The number of rotatable bonds is 7. The summed E-state index contributed by atoms with van der Waals surface area (Å²) in [4.78, 5) is 0. The maximum absolute atomic E-state index is 13.8. The Labute approximate surface area is 120 Å². The molecule has 1 aromatic rings. The van der Waals surface area contributed by atoms with Gasteiger partial charge in [-0.25, -0.2) is 4.39 Å². The molecular formula is C16H24FNO2. The molecule has 0 saturated carbocycles. The Hall–Kier alpha value is -1.13. The molecule has 4 heteroatoms. The Morgan fingerprint density at radius 1 is 1.45 bits per heavy atom. The standard InChI is InChI=1S/C16H24FNO2/c1-3-7-18-11-16(6-8-20-12-16)10-13-4-5-15(19-2)14(17)9-13/h4-5,9,18H,3,6-8,10-12H2,1-2H3. The zero-order valence-corrected chi connectivity index (χ0v) is 12.4. The van der Waals surface area contributed by atoms with Gasteiger partial charge in [-0.1, -0.05) is 13.0 Å². The van der Waals surface area contributed by atoms with Crippen LogP contribution >= 0.6 is 0 Å². The predicted molar refractivity (Wildman–Crippen MR) is 77.7 cm³/mol. The predicted octanol–water partition coefficient (Wildman–Crippen LogP) is 2.78. The van der Waals surface area contributed by atoms with E-state index in [-0.39, 0.29) is 11.2 Å². The largest absolute Gasteiger partial charge is 0.494 e. The third kappa shape index (κ3) is 3.70. The zero-order chi connectivity index (χ0) is 14.4. The summed E-state index contributed by atoms with van der Waals surface area (Å²) in [6.45, 7) is 5.64. The van der Waals surface area contributed by atoms with Gasteiger partial charge in [-0.05, 0) is 43.5 Å². The molecule has 2 rings (SSSR count). The van der Waals surface area contributed by atoms with Gasteiger partial charge in [-0.3, -0.25) is 0 Å². The molecule has 1 N–H and O–H groups in total. The van der Waals surface area contributed by atoms with Crippen molar-refractivity contribution >= 4 is 0 Å². The SMILES string of the molecule is CCCNCC1(Cc2ccc(OC)c(F)c2)CCOC1. The lowest BCUT2D eigenvalue weighted by atomic mass is 9.80. The van der Waals surface area contributed by atoms with E-state index in [1.165, 1.54) is 7.11 Å². The first kappa shape index (κ1) is 15.3. The van der Waals surface area contributed by atoms with Crippen LogP contribution in [0, 0.1) is 11.2 Å². The highest BCUT2D eigenvalue weighted by Crippen LogP contribution is 2.33. The molecular weight excluding hydrogens is 257 g/mol. The van der Waals surface area contributed by atoms with E-state index in [2.05, 4.69) is 12.2 Å². The molecule has 1 heterocycles. The summed E-state index contributed by atoms with van der Waals surface area (Å²) in [6, 6.07) is 5.23. The second-order valence-corrected chi connectivity index (χ2v) is 5.63. The fourth-order valence-corrected chi connectivity index (χ4v) is 2.77. The number of hydrogen-bond donors (Lipinski definition) is 1. The van der Waals surface area contributed by atoms with Gasteiger partial charge in [0, 0.05) is 18.6 Å². The Morgan fingerprint density at radius 2 is 2.30 bits per heavy atom. The molecule has 1 unspecified atom stereocenters. The van der Waals surface area contributed by atoms with Crippen molar-refractivity contribution in [1.82, 2.24) is 5.32 Å². The van der Waals surface area contributed by atoms with Crippen LogP contribution < -0.4 is 10.1 Å². The van der Waals surface area contributed by atoms with E-state index in [4.69, 9.17) is 9.47 Å². The van der Waals surface area contributed by atoms with Crippen molar-refractivity contribution in [3.8, 4) is 5.75 Å². The maximum Gasteiger partial charge on any atom is 0.165 e. The zero-order valence-electron chi connectivity index (χ0n) is 12.4. The van der Waals surface area contributed by atoms with Crippen LogP contribution in [0.25, 0.3) is 0 Å². The molecule has 1 aliphatic rings. The molecule has 0 radical (unpaired) electrons. The molecule has 1 saturated heterocycles. The first-order chi connectivity index (χ1) is 9.69. The summed E-state index contributed by atoms with van der Waals surface area (Å²) < 4.78 is 24.3. The van der Waals surface area contributed by atoms with Crippen LogP contribution in [-0.4, -0.2) is 33.4 Å². The minimum Gasteiger partial charge on any atom is -0.494 e. The minimum atomic E-state index is -0.291. The van der Waals surface area contributed by atoms with E-state index in [1.807, 2.05) is 6.07 Å². The highest BCUT2D eigenvalue weighted by atomic mass is 19.1. The van der Waals surface area contributed by atoms with Gasteiger partial charge in [0.1, 0.15) is 0 Å². The summed E-state index contributed by atoms with van der Waals surface area (Å²) in [5.74, 6) is 0.00941. The van der Waals surface area contributed by atoms with Crippen molar-refractivity contribution < 1.29 is 13.9 Å². The quantitative estimate of drug-likeness (QED) is 0.780. The first-order valence-corrected chi connectivity index (χ1v) is 7.30. The van der Waals surface area contributed by atoms with E-state index in [0.29, 0.717) is 5.75 Å². The van der Waals surface area contributed by atoms with Gasteiger partial charge in [-0.2, -0.15) is 0 Å². The third-order valence-corrected chi connectivity index (χ3v) is 3.91. The van der Waals surface area contributed by atoms with Crippen molar-refractivity contribution in [2.75, 3.05) is 33.4 Å². The second kappa shape index (κ2) is 7.04. The summed E-state index contributed by atoms with van der Waals surface area (Å²) in [5.41, 5.74) is 1.10. The van der Waals surface area contributed by atoms with E-state index < -0.39 is 0 Å². The molecule has 1 atom stereocenters. The molecule has 0 aliphatic carbocycles. The topological polar surface area (TPSA) is 30.5 Å². The number of ether oxygens (including phenoxy) is 2. The fraction of sp³-hybridized carbons (Fsp3) is 0.625. The number of nitrogens with one attached hydrogen (secondary N) is 1. The van der Waals surface area contributed by atoms with E-state index in [0.717, 1.165) is 51.1 Å². The second-order valence-electron chi connectivity index (χ2n) is 5.63. The van der Waals surface area contributed by atoms with E-state index in [1.54, 1.807) is 12.1 Å². The lowest BCUT2D eigenvalue weighted by Crippen LogP contribution is -2.37. The van der Waals surface area contributed by atoms with Gasteiger partial charge in [0.15, 0.2) is 11.6 Å². The Bertz CT molecular complexity index is 430. The Balaban J connectivity index is 2.05. The van der Waals surface area contributed by atoms with Crippen LogP contribution in [0.5, 0.6) is 5.75 Å². The molecule has 1 fully saturated rings. The normalized spacial score (nSPS) is 22.1. The van der Waals surface area contributed by atoms with Crippen molar-refractivity contribution in [2.45, 2.75) is 26.2 Å². The van der Waals surface area contributed by atoms with Crippen molar-refractivity contribution in [2.24, 2.45) is 5.41 Å². The molecule has 1 aliphatic heterocycles. The minimum absolute atomic E-state index is 0.0935. The Morgan fingerprint density at radius 3 is 2.90 bits per heavy atom.